The van der Waals surface area contributed by atoms with E-state index in [1.165, 1.54) is 16.7 Å². The second kappa shape index (κ2) is 9.55. The lowest BCUT2D eigenvalue weighted by Gasteiger charge is -2.36. The molecule has 0 aliphatic carbocycles. The van der Waals surface area contributed by atoms with Crippen molar-refractivity contribution in [3.05, 3.63) is 53.2 Å². The molecule has 0 saturated carbocycles. The highest BCUT2D eigenvalue weighted by atomic mass is 19.4. The number of hydrogen-bond donors (Lipinski definition) is 1. The summed E-state index contributed by atoms with van der Waals surface area (Å²) in [7, 11) is 0. The largest absolute Gasteiger partial charge is 0.462 e. The summed E-state index contributed by atoms with van der Waals surface area (Å²) in [5.74, 6) is -1.38. The molecule has 1 aromatic heterocycles. The van der Waals surface area contributed by atoms with E-state index in [4.69, 9.17) is 0 Å². The Balaban J connectivity index is 1.80. The van der Waals surface area contributed by atoms with Crippen LogP contribution in [0.4, 0.5) is 29.5 Å². The van der Waals surface area contributed by atoms with Crippen molar-refractivity contribution in [3.63, 3.8) is 0 Å². The maximum absolute atomic E-state index is 13.6. The number of pyridine rings is 1. The van der Waals surface area contributed by atoms with Crippen molar-refractivity contribution in [1.82, 2.24) is 9.88 Å². The number of amides is 2. The molecule has 11 heteroatoms. The molecule has 0 atom stereocenters. The number of rotatable bonds is 4. The van der Waals surface area contributed by atoms with Gasteiger partial charge in [-0.25, -0.2) is 14.6 Å². The summed E-state index contributed by atoms with van der Waals surface area (Å²) < 4.78 is 45.4. The van der Waals surface area contributed by atoms with Gasteiger partial charge in [-0.05, 0) is 25.1 Å². The molecule has 8 nitrogen and oxygen atoms in total. The number of ether oxygens (including phenoxy) is 1. The van der Waals surface area contributed by atoms with Crippen LogP contribution in [0.2, 0.25) is 0 Å². The number of piperazine rings is 1. The van der Waals surface area contributed by atoms with Gasteiger partial charge in [0.05, 0.1) is 17.7 Å². The first-order valence-electron chi connectivity index (χ1n) is 9.80. The number of carbonyl (C=O) groups is 2. The molecule has 32 heavy (non-hydrogen) atoms. The number of alkyl halides is 3. The van der Waals surface area contributed by atoms with Gasteiger partial charge < -0.3 is 19.9 Å². The Hall–Kier alpha value is -3.81. The van der Waals surface area contributed by atoms with E-state index >= 15 is 0 Å². The zero-order valence-electron chi connectivity index (χ0n) is 17.1. The number of esters is 1. The number of para-hydroxylation sites is 1. The highest BCUT2D eigenvalue weighted by Gasteiger charge is 2.39. The van der Waals surface area contributed by atoms with Crippen LogP contribution in [0.5, 0.6) is 0 Å². The van der Waals surface area contributed by atoms with Gasteiger partial charge >= 0.3 is 18.2 Å². The fourth-order valence-corrected chi connectivity index (χ4v) is 3.25. The molecule has 1 saturated heterocycles. The molecule has 1 aliphatic heterocycles. The molecule has 2 aromatic rings. The predicted molar refractivity (Wildman–Crippen MR) is 109 cm³/mol. The van der Waals surface area contributed by atoms with Crippen LogP contribution in [-0.2, 0) is 10.9 Å². The van der Waals surface area contributed by atoms with Gasteiger partial charge in [-0.15, -0.1) is 0 Å². The Morgan fingerprint density at radius 1 is 1.19 bits per heavy atom. The molecule has 168 valence electrons. The Morgan fingerprint density at radius 2 is 1.84 bits per heavy atom. The van der Waals surface area contributed by atoms with Crippen LogP contribution in [0.25, 0.3) is 0 Å². The summed E-state index contributed by atoms with van der Waals surface area (Å²) in [6, 6.07) is 11.2. The van der Waals surface area contributed by atoms with E-state index in [1.54, 1.807) is 30.3 Å². The van der Waals surface area contributed by atoms with E-state index in [0.29, 0.717) is 5.69 Å². The van der Waals surface area contributed by atoms with Gasteiger partial charge in [0.2, 0.25) is 0 Å². The van der Waals surface area contributed by atoms with Gasteiger partial charge in [-0.2, -0.15) is 18.4 Å². The fraction of sp³-hybridized carbons (Fsp3) is 0.333. The fourth-order valence-electron chi connectivity index (χ4n) is 3.25. The number of nitrogens with one attached hydrogen (secondary N) is 1. The minimum Gasteiger partial charge on any atom is -0.462 e. The van der Waals surface area contributed by atoms with E-state index in [9.17, 15) is 28.0 Å². The van der Waals surface area contributed by atoms with Crippen molar-refractivity contribution >= 4 is 23.5 Å². The lowest BCUT2D eigenvalue weighted by Crippen LogP contribution is -2.50. The van der Waals surface area contributed by atoms with Crippen LogP contribution < -0.4 is 10.2 Å². The molecule has 0 spiro atoms. The third-order valence-electron chi connectivity index (χ3n) is 4.78. The quantitative estimate of drug-likeness (QED) is 0.721. The minimum absolute atomic E-state index is 0.118. The number of nitrogens with zero attached hydrogens (tertiary/aromatic N) is 4. The molecular weight excluding hydrogens is 427 g/mol. The van der Waals surface area contributed by atoms with Crippen LogP contribution in [0.1, 0.15) is 28.5 Å². The standard InChI is InChI=1S/C21H20F3N5O3/c1-2-32-19(30)16-12-14(13-25)18(27-17(16)21(22,23)24)28-8-10-29(11-9-28)20(31)26-15-6-4-3-5-7-15/h3-7,12H,2,8-11H2,1H3,(H,26,31). The lowest BCUT2D eigenvalue weighted by atomic mass is 10.1. The number of halogens is 3. The zero-order valence-corrected chi connectivity index (χ0v) is 17.1. The molecule has 3 rings (SSSR count). The summed E-state index contributed by atoms with van der Waals surface area (Å²) in [4.78, 5) is 31.1. The molecule has 1 fully saturated rings. The summed E-state index contributed by atoms with van der Waals surface area (Å²) >= 11 is 0. The number of anilines is 2. The predicted octanol–water partition coefficient (Wildman–Crippen LogP) is 3.50. The van der Waals surface area contributed by atoms with Gasteiger partial charge in [0.1, 0.15) is 11.9 Å². The van der Waals surface area contributed by atoms with Gasteiger partial charge in [0.15, 0.2) is 5.69 Å². The van der Waals surface area contributed by atoms with Crippen molar-refractivity contribution in [2.24, 2.45) is 0 Å². The second-order valence-corrected chi connectivity index (χ2v) is 6.86. The van der Waals surface area contributed by atoms with Crippen molar-refractivity contribution in [2.45, 2.75) is 13.1 Å². The Labute approximate surface area is 182 Å². The molecule has 0 radical (unpaired) electrons. The van der Waals surface area contributed by atoms with E-state index < -0.39 is 23.4 Å². The summed E-state index contributed by atoms with van der Waals surface area (Å²) in [5.41, 5.74) is -1.77. The maximum atomic E-state index is 13.6. The van der Waals surface area contributed by atoms with E-state index in [0.717, 1.165) is 6.07 Å². The Bertz CT molecular complexity index is 1030. The zero-order chi connectivity index (χ0) is 23.3. The smallest absolute Gasteiger partial charge is 0.434 e. The first kappa shape index (κ1) is 22.9. The number of urea groups is 1. The lowest BCUT2D eigenvalue weighted by molar-refractivity contribution is -0.141. The minimum atomic E-state index is -4.91. The SMILES string of the molecule is CCOC(=O)c1cc(C#N)c(N2CCN(C(=O)Nc3ccccc3)CC2)nc1C(F)(F)F. The van der Waals surface area contributed by atoms with E-state index in [-0.39, 0.29) is 50.2 Å². The van der Waals surface area contributed by atoms with Crippen LogP contribution in [-0.4, -0.2) is 54.7 Å². The molecule has 1 aliphatic rings. The Kier molecular flexibility index (Phi) is 6.82. The average molecular weight is 447 g/mol. The Morgan fingerprint density at radius 3 is 2.41 bits per heavy atom. The number of nitriles is 1. The van der Waals surface area contributed by atoms with Crippen molar-refractivity contribution in [3.8, 4) is 6.07 Å². The molecule has 2 amide bonds. The molecule has 1 N–H and O–H groups in total. The first-order valence-corrected chi connectivity index (χ1v) is 9.80. The van der Waals surface area contributed by atoms with Crippen molar-refractivity contribution < 1.29 is 27.5 Å². The average Bonchev–Trinajstić information content (AvgIpc) is 2.78. The van der Waals surface area contributed by atoms with Crippen molar-refractivity contribution in [1.29, 1.82) is 5.26 Å². The third kappa shape index (κ3) is 5.08. The third-order valence-corrected chi connectivity index (χ3v) is 4.78. The molecule has 1 aromatic carbocycles. The maximum Gasteiger partial charge on any atom is 0.434 e. The summed E-state index contributed by atoms with van der Waals surface area (Å²) in [6.45, 7) is 2.11. The number of carbonyl (C=O) groups excluding carboxylic acids is 2. The van der Waals surface area contributed by atoms with E-state index in [1.807, 2.05) is 6.07 Å². The van der Waals surface area contributed by atoms with E-state index in [2.05, 4.69) is 15.0 Å². The molecule has 0 bridgehead atoms. The molecule has 2 heterocycles. The highest BCUT2D eigenvalue weighted by Crippen LogP contribution is 2.34. The molecule has 0 unspecified atom stereocenters. The number of hydrogen-bond acceptors (Lipinski definition) is 6. The first-order chi connectivity index (χ1) is 15.2. The van der Waals surface area contributed by atoms with Crippen molar-refractivity contribution in [2.75, 3.05) is 43.0 Å². The van der Waals surface area contributed by atoms with Gasteiger partial charge in [-0.1, -0.05) is 18.2 Å². The van der Waals surface area contributed by atoms with Gasteiger partial charge in [0, 0.05) is 31.9 Å². The second-order valence-electron chi connectivity index (χ2n) is 6.86. The normalized spacial score (nSPS) is 14.0. The van der Waals surface area contributed by atoms with Crippen LogP contribution in [0.3, 0.4) is 0 Å². The van der Waals surface area contributed by atoms with Crippen LogP contribution >= 0.6 is 0 Å². The van der Waals surface area contributed by atoms with Crippen LogP contribution in [0, 0.1) is 11.3 Å². The summed E-state index contributed by atoms with van der Waals surface area (Å²) in [6.07, 6.45) is -4.91. The highest BCUT2D eigenvalue weighted by molar-refractivity contribution is 5.92. The monoisotopic (exact) mass is 447 g/mol. The van der Waals surface area contributed by atoms with Gasteiger partial charge in [0.25, 0.3) is 0 Å². The molecular formula is C21H20F3N5O3. The van der Waals surface area contributed by atoms with Gasteiger partial charge in [-0.3, -0.25) is 0 Å². The summed E-state index contributed by atoms with van der Waals surface area (Å²) in [5, 5.41) is 12.2. The van der Waals surface area contributed by atoms with Crippen LogP contribution in [0.15, 0.2) is 36.4 Å². The topological polar surface area (TPSA) is 98.6 Å². The number of aromatic nitrogens is 1. The number of benzene rings is 1.